The van der Waals surface area contributed by atoms with Gasteiger partial charge in [0.1, 0.15) is 0 Å². The predicted molar refractivity (Wildman–Crippen MR) is 50.1 cm³/mol. The lowest BCUT2D eigenvalue weighted by molar-refractivity contribution is 0.572. The van der Waals surface area contributed by atoms with E-state index in [2.05, 4.69) is 24.8 Å². The van der Waals surface area contributed by atoms with E-state index in [1.807, 2.05) is 6.08 Å². The highest BCUT2D eigenvalue weighted by atomic mass is 16.3. The second-order valence-electron chi connectivity index (χ2n) is 2.83. The highest BCUT2D eigenvalue weighted by Gasteiger charge is 1.95. The summed E-state index contributed by atoms with van der Waals surface area (Å²) < 4.78 is 5.07. The topological polar surface area (TPSA) is 13.1 Å². The summed E-state index contributed by atoms with van der Waals surface area (Å²) in [6, 6.07) is 6.29. The van der Waals surface area contributed by atoms with Crippen LogP contribution in [0.2, 0.25) is 0 Å². The molecule has 0 aliphatic heterocycles. The molecule has 1 heterocycles. The second-order valence-corrected chi connectivity index (χ2v) is 2.83. The Hall–Kier alpha value is -1.50. The van der Waals surface area contributed by atoms with Gasteiger partial charge in [-0.25, -0.2) is 0 Å². The minimum Gasteiger partial charge on any atom is -0.471 e. The van der Waals surface area contributed by atoms with Crippen molar-refractivity contribution in [1.29, 1.82) is 0 Å². The first-order valence-electron chi connectivity index (χ1n) is 3.96. The van der Waals surface area contributed by atoms with Crippen molar-refractivity contribution >= 4 is 10.8 Å². The lowest BCUT2D eigenvalue weighted by atomic mass is 10.1. The van der Waals surface area contributed by atoms with Gasteiger partial charge in [-0.3, -0.25) is 0 Å². The van der Waals surface area contributed by atoms with Gasteiger partial charge in [0.05, 0.1) is 12.5 Å². The summed E-state index contributed by atoms with van der Waals surface area (Å²) in [6.07, 6.45) is 6.34. The van der Waals surface area contributed by atoms with E-state index in [9.17, 15) is 0 Å². The van der Waals surface area contributed by atoms with Crippen molar-refractivity contribution in [1.82, 2.24) is 0 Å². The third kappa shape index (κ3) is 1.14. The van der Waals surface area contributed by atoms with Crippen molar-refractivity contribution in [3.8, 4) is 0 Å². The number of furan rings is 1. The number of allylic oxidation sites excluding steroid dienone is 1. The maximum absolute atomic E-state index is 5.07. The van der Waals surface area contributed by atoms with Crippen molar-refractivity contribution < 1.29 is 4.42 Å². The molecule has 1 aromatic carbocycles. The molecule has 0 unspecified atom stereocenters. The zero-order chi connectivity index (χ0) is 8.39. The van der Waals surface area contributed by atoms with Crippen LogP contribution >= 0.6 is 0 Å². The van der Waals surface area contributed by atoms with E-state index in [0.717, 1.165) is 17.2 Å². The molecule has 0 saturated heterocycles. The molecule has 0 N–H and O–H groups in total. The molecule has 1 heteroatoms. The molecule has 0 bridgehead atoms. The molecule has 0 spiro atoms. The Bertz CT molecular complexity index is 398. The monoisotopic (exact) mass is 158 g/mol. The van der Waals surface area contributed by atoms with Crippen molar-refractivity contribution in [2.24, 2.45) is 0 Å². The van der Waals surface area contributed by atoms with E-state index in [0.29, 0.717) is 0 Å². The molecule has 0 aliphatic rings. The smallest absolute Gasteiger partial charge is 0.0981 e. The Morgan fingerprint density at radius 3 is 2.92 bits per heavy atom. The highest BCUT2D eigenvalue weighted by Crippen LogP contribution is 2.17. The molecule has 2 aromatic rings. The van der Waals surface area contributed by atoms with Crippen LogP contribution in [-0.2, 0) is 6.42 Å². The van der Waals surface area contributed by atoms with Gasteiger partial charge >= 0.3 is 0 Å². The molecule has 0 radical (unpaired) electrons. The van der Waals surface area contributed by atoms with E-state index in [1.54, 1.807) is 12.5 Å². The second kappa shape index (κ2) is 2.86. The molecule has 0 fully saturated rings. The van der Waals surface area contributed by atoms with Gasteiger partial charge in [-0.2, -0.15) is 0 Å². The first-order valence-corrected chi connectivity index (χ1v) is 3.96. The lowest BCUT2D eigenvalue weighted by Crippen LogP contribution is -1.78. The average molecular weight is 158 g/mol. The molecule has 60 valence electrons. The van der Waals surface area contributed by atoms with Gasteiger partial charge in [-0.1, -0.05) is 18.2 Å². The van der Waals surface area contributed by atoms with Crippen LogP contribution in [0.5, 0.6) is 0 Å². The lowest BCUT2D eigenvalue weighted by Gasteiger charge is -1.94. The Morgan fingerprint density at radius 2 is 2.08 bits per heavy atom. The van der Waals surface area contributed by atoms with Crippen LogP contribution in [0.3, 0.4) is 0 Å². The van der Waals surface area contributed by atoms with Gasteiger partial charge in [0, 0.05) is 10.8 Å². The van der Waals surface area contributed by atoms with Crippen LogP contribution < -0.4 is 0 Å². The minimum absolute atomic E-state index is 0.918. The fraction of sp³-hybridized carbons (Fsp3) is 0.0909. The molecule has 0 atom stereocenters. The van der Waals surface area contributed by atoms with Crippen molar-refractivity contribution in [3.05, 3.63) is 48.9 Å². The van der Waals surface area contributed by atoms with Gasteiger partial charge in [-0.05, 0) is 18.1 Å². The van der Waals surface area contributed by atoms with Crippen molar-refractivity contribution in [3.63, 3.8) is 0 Å². The summed E-state index contributed by atoms with van der Waals surface area (Å²) in [5.41, 5.74) is 1.28. The van der Waals surface area contributed by atoms with E-state index >= 15 is 0 Å². The third-order valence-corrected chi connectivity index (χ3v) is 1.92. The van der Waals surface area contributed by atoms with Crippen LogP contribution in [0.1, 0.15) is 5.56 Å². The molecule has 1 nitrogen and oxygen atoms in total. The zero-order valence-electron chi connectivity index (χ0n) is 6.79. The van der Waals surface area contributed by atoms with Gasteiger partial charge < -0.3 is 4.42 Å². The Labute approximate surface area is 71.3 Å². The maximum Gasteiger partial charge on any atom is 0.0981 e. The summed E-state index contributed by atoms with van der Waals surface area (Å²) in [4.78, 5) is 0. The molecule has 0 saturated carbocycles. The number of hydrogen-bond donors (Lipinski definition) is 0. The fourth-order valence-corrected chi connectivity index (χ4v) is 1.31. The summed E-state index contributed by atoms with van der Waals surface area (Å²) in [6.45, 7) is 3.70. The normalized spacial score (nSPS) is 10.3. The summed E-state index contributed by atoms with van der Waals surface area (Å²) >= 11 is 0. The molecular formula is C11H10O. The Kier molecular flexibility index (Phi) is 1.71. The maximum atomic E-state index is 5.07. The minimum atomic E-state index is 0.918. The highest BCUT2D eigenvalue weighted by molar-refractivity contribution is 5.81. The van der Waals surface area contributed by atoms with E-state index in [1.165, 1.54) is 5.56 Å². The number of rotatable bonds is 2. The number of fused-ring (bicyclic) bond motifs is 1. The van der Waals surface area contributed by atoms with E-state index < -0.39 is 0 Å². The van der Waals surface area contributed by atoms with E-state index in [4.69, 9.17) is 4.42 Å². The molecule has 2 rings (SSSR count). The third-order valence-electron chi connectivity index (χ3n) is 1.92. The number of hydrogen-bond acceptors (Lipinski definition) is 1. The van der Waals surface area contributed by atoms with Gasteiger partial charge in [0.25, 0.3) is 0 Å². The quantitative estimate of drug-likeness (QED) is 0.612. The summed E-state index contributed by atoms with van der Waals surface area (Å²) in [5.74, 6) is 0. The first kappa shape index (κ1) is 7.17. The predicted octanol–water partition coefficient (Wildman–Crippen LogP) is 3.16. The number of benzene rings is 1. The molecule has 12 heavy (non-hydrogen) atoms. The largest absolute Gasteiger partial charge is 0.471 e. The molecule has 1 aromatic heterocycles. The Balaban J connectivity index is 2.52. The SMILES string of the molecule is C=CCc1ccc2cocc2c1. The zero-order valence-corrected chi connectivity index (χ0v) is 6.79. The standard InChI is InChI=1S/C11H10O/c1-2-3-9-4-5-10-7-12-8-11(10)6-9/h2,4-8H,1,3H2. The van der Waals surface area contributed by atoms with Gasteiger partial charge in [0.2, 0.25) is 0 Å². The fourth-order valence-electron chi connectivity index (χ4n) is 1.31. The van der Waals surface area contributed by atoms with Crippen LogP contribution in [0, 0.1) is 0 Å². The van der Waals surface area contributed by atoms with Crippen LogP contribution in [0.25, 0.3) is 10.8 Å². The first-order chi connectivity index (χ1) is 5.90. The van der Waals surface area contributed by atoms with E-state index in [-0.39, 0.29) is 0 Å². The average Bonchev–Trinajstić information content (AvgIpc) is 2.51. The van der Waals surface area contributed by atoms with Gasteiger partial charge in [-0.15, -0.1) is 6.58 Å². The Morgan fingerprint density at radius 1 is 1.25 bits per heavy atom. The van der Waals surface area contributed by atoms with Crippen molar-refractivity contribution in [2.75, 3.05) is 0 Å². The van der Waals surface area contributed by atoms with Crippen molar-refractivity contribution in [2.45, 2.75) is 6.42 Å². The summed E-state index contributed by atoms with van der Waals surface area (Å²) in [5, 5.41) is 2.32. The summed E-state index contributed by atoms with van der Waals surface area (Å²) in [7, 11) is 0. The molecule has 0 amide bonds. The van der Waals surface area contributed by atoms with Crippen LogP contribution in [0.4, 0.5) is 0 Å². The van der Waals surface area contributed by atoms with Gasteiger partial charge in [0.15, 0.2) is 0 Å². The van der Waals surface area contributed by atoms with Crippen LogP contribution in [0.15, 0.2) is 47.8 Å². The van der Waals surface area contributed by atoms with Crippen LogP contribution in [-0.4, -0.2) is 0 Å². The molecule has 0 aliphatic carbocycles. The molecular weight excluding hydrogens is 148 g/mol.